The molecule has 4 rings (SSSR count). The van der Waals surface area contributed by atoms with Gasteiger partial charge in [-0.15, -0.1) is 10.2 Å². The van der Waals surface area contributed by atoms with Crippen molar-refractivity contribution in [1.29, 1.82) is 0 Å². The minimum absolute atomic E-state index is 0.129. The van der Waals surface area contributed by atoms with Gasteiger partial charge in [-0.05, 0) is 43.9 Å². The summed E-state index contributed by atoms with van der Waals surface area (Å²) in [6.45, 7) is 5.39. The van der Waals surface area contributed by atoms with Crippen LogP contribution in [0.5, 0.6) is 0 Å². The number of hydrogen-bond acceptors (Lipinski definition) is 4. The molecular weight excluding hydrogens is 368 g/mol. The van der Waals surface area contributed by atoms with Gasteiger partial charge in [-0.1, -0.05) is 60.3 Å². The summed E-state index contributed by atoms with van der Waals surface area (Å²) in [4.78, 5) is 15.1. The van der Waals surface area contributed by atoms with Gasteiger partial charge in [-0.3, -0.25) is 4.79 Å². The van der Waals surface area contributed by atoms with Crippen LogP contribution in [0.1, 0.15) is 30.3 Å². The molecule has 1 aliphatic rings. The van der Waals surface area contributed by atoms with E-state index < -0.39 is 0 Å². The third kappa shape index (κ3) is 3.83. The molecular formula is C22H24N4OS. The Labute approximate surface area is 169 Å². The maximum atomic E-state index is 13.2. The Bertz CT molecular complexity index is 970. The van der Waals surface area contributed by atoms with Gasteiger partial charge in [-0.2, -0.15) is 0 Å². The molecule has 5 nitrogen and oxygen atoms in total. The smallest absolute Gasteiger partial charge is 0.240 e. The van der Waals surface area contributed by atoms with Crippen LogP contribution in [0.4, 0.5) is 5.69 Å². The molecule has 0 saturated carbocycles. The number of para-hydroxylation sites is 1. The highest BCUT2D eigenvalue weighted by atomic mass is 32.2. The Hall–Kier alpha value is -2.60. The van der Waals surface area contributed by atoms with Crippen LogP contribution < -0.4 is 4.90 Å². The molecule has 1 aliphatic heterocycles. The molecule has 1 amide bonds. The number of hydrogen-bond donors (Lipinski definition) is 0. The van der Waals surface area contributed by atoms with Crippen LogP contribution in [0.2, 0.25) is 0 Å². The predicted octanol–water partition coefficient (Wildman–Crippen LogP) is 4.09. The van der Waals surface area contributed by atoms with Crippen molar-refractivity contribution in [2.24, 2.45) is 0 Å². The van der Waals surface area contributed by atoms with Crippen LogP contribution in [-0.2, 0) is 17.8 Å². The number of fused-ring (bicyclic) bond motifs is 1. The van der Waals surface area contributed by atoms with Crippen molar-refractivity contribution in [1.82, 2.24) is 14.8 Å². The second-order valence-corrected chi connectivity index (χ2v) is 8.39. The van der Waals surface area contributed by atoms with Gasteiger partial charge in [0.05, 0.1) is 11.8 Å². The first kappa shape index (κ1) is 18.7. The highest BCUT2D eigenvalue weighted by molar-refractivity contribution is 8.00. The second-order valence-electron chi connectivity index (χ2n) is 7.08. The topological polar surface area (TPSA) is 51.0 Å². The maximum absolute atomic E-state index is 13.2. The summed E-state index contributed by atoms with van der Waals surface area (Å²) >= 11 is 1.48. The van der Waals surface area contributed by atoms with Gasteiger partial charge in [0.15, 0.2) is 5.16 Å². The zero-order valence-corrected chi connectivity index (χ0v) is 17.0. The quantitative estimate of drug-likeness (QED) is 0.614. The number of nitrogens with zero attached hydrogens (tertiary/aromatic N) is 4. The summed E-state index contributed by atoms with van der Waals surface area (Å²) in [7, 11) is 0. The molecule has 0 N–H and O–H groups in total. The average molecular weight is 393 g/mol. The summed E-state index contributed by atoms with van der Waals surface area (Å²) in [5.41, 5.74) is 3.49. The van der Waals surface area contributed by atoms with Gasteiger partial charge in [0.25, 0.3) is 0 Å². The van der Waals surface area contributed by atoms with Crippen LogP contribution in [0.25, 0.3) is 0 Å². The van der Waals surface area contributed by atoms with Crippen LogP contribution >= 0.6 is 11.8 Å². The fourth-order valence-electron chi connectivity index (χ4n) is 3.59. The fraction of sp³-hybridized carbons (Fsp3) is 0.318. The van der Waals surface area contributed by atoms with Crippen molar-refractivity contribution < 1.29 is 4.79 Å². The molecule has 0 bridgehead atoms. The highest BCUT2D eigenvalue weighted by Crippen LogP contribution is 2.31. The highest BCUT2D eigenvalue weighted by Gasteiger charge is 2.28. The molecule has 0 radical (unpaired) electrons. The van der Waals surface area contributed by atoms with Crippen molar-refractivity contribution in [3.8, 4) is 0 Å². The molecule has 0 aliphatic carbocycles. The van der Waals surface area contributed by atoms with Crippen LogP contribution in [0, 0.1) is 6.92 Å². The number of anilines is 1. The first-order chi connectivity index (χ1) is 13.6. The maximum Gasteiger partial charge on any atom is 0.240 e. The van der Waals surface area contributed by atoms with E-state index in [0.29, 0.717) is 6.54 Å². The van der Waals surface area contributed by atoms with E-state index in [1.807, 2.05) is 55.1 Å². The first-order valence-electron chi connectivity index (χ1n) is 9.63. The van der Waals surface area contributed by atoms with Gasteiger partial charge in [0, 0.05) is 12.2 Å². The SMILES string of the molecule is Cc1nnc(SC(C)C(=O)N2CCCc3ccccc32)n1Cc1ccccc1. The van der Waals surface area contributed by atoms with Crippen molar-refractivity contribution in [2.45, 2.75) is 43.6 Å². The number of rotatable bonds is 5. The van der Waals surface area contributed by atoms with Crippen molar-refractivity contribution in [3.05, 3.63) is 71.5 Å². The van der Waals surface area contributed by atoms with E-state index in [1.165, 1.54) is 22.9 Å². The second kappa shape index (κ2) is 8.19. The Morgan fingerprint density at radius 2 is 1.86 bits per heavy atom. The molecule has 0 saturated heterocycles. The van der Waals surface area contributed by atoms with Crippen molar-refractivity contribution in [3.63, 3.8) is 0 Å². The summed E-state index contributed by atoms with van der Waals surface area (Å²) in [6, 6.07) is 18.5. The van der Waals surface area contributed by atoms with E-state index in [0.717, 1.165) is 36.1 Å². The predicted molar refractivity (Wildman–Crippen MR) is 113 cm³/mol. The van der Waals surface area contributed by atoms with Crippen molar-refractivity contribution >= 4 is 23.4 Å². The van der Waals surface area contributed by atoms with Crippen molar-refractivity contribution in [2.75, 3.05) is 11.4 Å². The largest absolute Gasteiger partial charge is 0.311 e. The summed E-state index contributed by atoms with van der Waals surface area (Å²) < 4.78 is 2.08. The zero-order valence-electron chi connectivity index (χ0n) is 16.2. The normalized spacial score (nSPS) is 14.6. The first-order valence-corrected chi connectivity index (χ1v) is 10.5. The lowest BCUT2D eigenvalue weighted by Gasteiger charge is -2.31. The Kier molecular flexibility index (Phi) is 5.48. The number of thioether (sulfide) groups is 1. The van der Waals surface area contributed by atoms with Crippen LogP contribution in [0.3, 0.4) is 0 Å². The van der Waals surface area contributed by atoms with E-state index in [1.54, 1.807) is 0 Å². The lowest BCUT2D eigenvalue weighted by atomic mass is 10.0. The van der Waals surface area contributed by atoms with E-state index in [9.17, 15) is 4.79 Å². The molecule has 1 atom stereocenters. The van der Waals surface area contributed by atoms with E-state index in [4.69, 9.17) is 0 Å². The molecule has 2 aromatic carbocycles. The molecule has 0 spiro atoms. The van der Waals surface area contributed by atoms with Gasteiger partial charge in [0.2, 0.25) is 5.91 Å². The third-order valence-electron chi connectivity index (χ3n) is 5.09. The molecule has 1 unspecified atom stereocenters. The number of amides is 1. The number of carbonyl (C=O) groups excluding carboxylic acids is 1. The summed E-state index contributed by atoms with van der Waals surface area (Å²) in [5, 5.41) is 9.12. The minimum Gasteiger partial charge on any atom is -0.311 e. The monoisotopic (exact) mass is 392 g/mol. The van der Waals surface area contributed by atoms with Crippen LogP contribution in [0.15, 0.2) is 59.8 Å². The molecule has 144 valence electrons. The average Bonchev–Trinajstić information content (AvgIpc) is 3.07. The molecule has 3 aromatic rings. The Morgan fingerprint density at radius 1 is 1.11 bits per heavy atom. The summed E-state index contributed by atoms with van der Waals surface area (Å²) in [6.07, 6.45) is 2.04. The van der Waals surface area contributed by atoms with Gasteiger partial charge < -0.3 is 9.47 Å². The van der Waals surface area contributed by atoms with E-state index >= 15 is 0 Å². The Balaban J connectivity index is 1.52. The number of benzene rings is 2. The molecule has 28 heavy (non-hydrogen) atoms. The summed E-state index contributed by atoms with van der Waals surface area (Å²) in [5.74, 6) is 0.985. The van der Waals surface area contributed by atoms with Crippen LogP contribution in [-0.4, -0.2) is 32.5 Å². The minimum atomic E-state index is -0.232. The van der Waals surface area contributed by atoms with Gasteiger partial charge in [0.1, 0.15) is 5.82 Å². The third-order valence-corrected chi connectivity index (χ3v) is 6.16. The molecule has 2 heterocycles. The molecule has 1 aromatic heterocycles. The number of aryl methyl sites for hydroxylation is 2. The lowest BCUT2D eigenvalue weighted by Crippen LogP contribution is -2.40. The lowest BCUT2D eigenvalue weighted by molar-refractivity contribution is -0.117. The Morgan fingerprint density at radius 3 is 2.68 bits per heavy atom. The van der Waals surface area contributed by atoms with E-state index in [2.05, 4.69) is 33.0 Å². The zero-order chi connectivity index (χ0) is 19.5. The molecule has 0 fully saturated rings. The van der Waals surface area contributed by atoms with Gasteiger partial charge in [-0.25, -0.2) is 0 Å². The van der Waals surface area contributed by atoms with E-state index in [-0.39, 0.29) is 11.2 Å². The number of aromatic nitrogens is 3. The standard InChI is InChI=1S/C22H24N4OS/c1-16(21(27)25-14-8-12-19-11-6-7-13-20(19)25)28-22-24-23-17(2)26(22)15-18-9-4-3-5-10-18/h3-7,9-11,13,16H,8,12,14-15H2,1-2H3. The molecule has 6 heteroatoms. The fourth-order valence-corrected chi connectivity index (χ4v) is 4.54. The van der Waals surface area contributed by atoms with Gasteiger partial charge >= 0.3 is 0 Å². The number of carbonyl (C=O) groups is 1.